The maximum absolute atomic E-state index is 11.6. The number of rotatable bonds is 3. The highest BCUT2D eigenvalue weighted by molar-refractivity contribution is 7.99. The SMILES string of the molecule is COC(=O)CSc1nnc2n3nc(C)nc3c3c4c(sc3n12)CCCC4. The average Bonchev–Trinajstić information content (AvgIpc) is 3.32. The van der Waals surface area contributed by atoms with E-state index in [0.29, 0.717) is 16.8 Å². The molecule has 4 aromatic heterocycles. The number of aryl methyl sites for hydroxylation is 3. The van der Waals surface area contributed by atoms with Crippen molar-refractivity contribution in [1.82, 2.24) is 29.2 Å². The van der Waals surface area contributed by atoms with E-state index in [1.165, 1.54) is 42.2 Å². The Labute approximate surface area is 156 Å². The van der Waals surface area contributed by atoms with Crippen molar-refractivity contribution in [2.75, 3.05) is 12.9 Å². The van der Waals surface area contributed by atoms with Crippen LogP contribution >= 0.6 is 23.1 Å². The zero-order valence-electron chi connectivity index (χ0n) is 14.4. The standard InChI is InChI=1S/C16H16N6O2S2/c1-8-17-13-12-9-5-3-4-6-10(9)26-14(12)21-15(22(13)20-8)18-19-16(21)25-7-11(23)24-2/h3-7H2,1-2H3. The van der Waals surface area contributed by atoms with E-state index in [-0.39, 0.29) is 11.7 Å². The van der Waals surface area contributed by atoms with Crippen LogP contribution < -0.4 is 0 Å². The van der Waals surface area contributed by atoms with Crippen molar-refractivity contribution in [3.63, 3.8) is 0 Å². The van der Waals surface area contributed by atoms with Crippen LogP contribution in [0.2, 0.25) is 0 Å². The lowest BCUT2D eigenvalue weighted by molar-refractivity contribution is -0.137. The Balaban J connectivity index is 1.84. The van der Waals surface area contributed by atoms with Gasteiger partial charge in [0.15, 0.2) is 10.8 Å². The molecule has 0 spiro atoms. The molecule has 10 heteroatoms. The van der Waals surface area contributed by atoms with E-state index in [1.54, 1.807) is 15.9 Å². The number of ether oxygens (including phenoxy) is 1. The predicted octanol–water partition coefficient (Wildman–Crippen LogP) is 2.44. The van der Waals surface area contributed by atoms with Gasteiger partial charge in [0.25, 0.3) is 5.78 Å². The molecule has 0 aliphatic heterocycles. The lowest BCUT2D eigenvalue weighted by atomic mass is 9.97. The van der Waals surface area contributed by atoms with Crippen LogP contribution in [0.4, 0.5) is 0 Å². The van der Waals surface area contributed by atoms with Crippen molar-refractivity contribution < 1.29 is 9.53 Å². The maximum atomic E-state index is 11.6. The Morgan fingerprint density at radius 2 is 2.15 bits per heavy atom. The minimum absolute atomic E-state index is 0.193. The third-order valence-corrected chi connectivity index (χ3v) is 6.82. The average molecular weight is 388 g/mol. The summed E-state index contributed by atoms with van der Waals surface area (Å²) in [6, 6.07) is 0. The molecule has 0 amide bonds. The minimum Gasteiger partial charge on any atom is -0.468 e. The number of thioether (sulfide) groups is 1. The number of methoxy groups -OCH3 is 1. The number of aromatic nitrogens is 6. The highest BCUT2D eigenvalue weighted by Gasteiger charge is 2.25. The number of esters is 1. The van der Waals surface area contributed by atoms with E-state index in [2.05, 4.69) is 20.3 Å². The lowest BCUT2D eigenvalue weighted by Crippen LogP contribution is -2.04. The normalized spacial score (nSPS) is 14.4. The largest absolute Gasteiger partial charge is 0.468 e. The summed E-state index contributed by atoms with van der Waals surface area (Å²) in [6.45, 7) is 1.89. The quantitative estimate of drug-likeness (QED) is 0.393. The van der Waals surface area contributed by atoms with Gasteiger partial charge < -0.3 is 4.74 Å². The second kappa shape index (κ2) is 5.92. The van der Waals surface area contributed by atoms with Crippen LogP contribution in [-0.2, 0) is 22.4 Å². The summed E-state index contributed by atoms with van der Waals surface area (Å²) in [5.74, 6) is 1.24. The van der Waals surface area contributed by atoms with Gasteiger partial charge in [0, 0.05) is 4.88 Å². The zero-order chi connectivity index (χ0) is 17.8. The van der Waals surface area contributed by atoms with Crippen LogP contribution in [0.25, 0.3) is 21.6 Å². The zero-order valence-corrected chi connectivity index (χ0v) is 16.0. The molecule has 0 saturated carbocycles. The highest BCUT2D eigenvalue weighted by Crippen LogP contribution is 2.39. The molecule has 0 N–H and O–H groups in total. The monoisotopic (exact) mass is 388 g/mol. The molecular weight excluding hydrogens is 372 g/mol. The molecular formula is C16H16N6O2S2. The smallest absolute Gasteiger partial charge is 0.316 e. The fourth-order valence-corrected chi connectivity index (χ4v) is 5.72. The second-order valence-corrected chi connectivity index (χ2v) is 8.29. The highest BCUT2D eigenvalue weighted by atomic mass is 32.2. The summed E-state index contributed by atoms with van der Waals surface area (Å²) in [5.41, 5.74) is 2.23. The molecule has 0 atom stereocenters. The topological polar surface area (TPSA) is 86.7 Å². The number of hydrogen-bond acceptors (Lipinski definition) is 8. The van der Waals surface area contributed by atoms with Crippen molar-refractivity contribution in [2.24, 2.45) is 0 Å². The number of hydrogen-bond donors (Lipinski definition) is 0. The van der Waals surface area contributed by atoms with Crippen LogP contribution in [0.15, 0.2) is 5.16 Å². The van der Waals surface area contributed by atoms with Crippen molar-refractivity contribution in [3.05, 3.63) is 16.3 Å². The fraction of sp³-hybridized carbons (Fsp3) is 0.438. The van der Waals surface area contributed by atoms with Crippen LogP contribution in [0.5, 0.6) is 0 Å². The van der Waals surface area contributed by atoms with E-state index < -0.39 is 0 Å². The third kappa shape index (κ3) is 2.25. The van der Waals surface area contributed by atoms with Gasteiger partial charge in [0.1, 0.15) is 10.7 Å². The van der Waals surface area contributed by atoms with Crippen LogP contribution in [-0.4, -0.2) is 48.0 Å². The summed E-state index contributed by atoms with van der Waals surface area (Å²) < 4.78 is 8.53. The molecule has 1 aliphatic rings. The lowest BCUT2D eigenvalue weighted by Gasteiger charge is -2.10. The summed E-state index contributed by atoms with van der Waals surface area (Å²) in [5, 5.41) is 15.0. The summed E-state index contributed by atoms with van der Waals surface area (Å²) >= 11 is 3.11. The molecule has 4 aromatic rings. The molecule has 8 nitrogen and oxygen atoms in total. The summed E-state index contributed by atoms with van der Waals surface area (Å²) in [6.07, 6.45) is 4.58. The Kier molecular flexibility index (Phi) is 3.64. The molecule has 4 heterocycles. The minimum atomic E-state index is -0.286. The number of carbonyl (C=O) groups excluding carboxylic acids is 1. The van der Waals surface area contributed by atoms with Gasteiger partial charge in [-0.3, -0.25) is 4.79 Å². The molecule has 5 rings (SSSR count). The number of carbonyl (C=O) groups is 1. The Bertz CT molecular complexity index is 1170. The van der Waals surface area contributed by atoms with Crippen LogP contribution in [0.1, 0.15) is 29.1 Å². The van der Waals surface area contributed by atoms with Gasteiger partial charge >= 0.3 is 5.97 Å². The number of thiophene rings is 1. The molecule has 0 radical (unpaired) electrons. The number of nitrogens with zero attached hydrogens (tertiary/aromatic N) is 6. The fourth-order valence-electron chi connectivity index (χ4n) is 3.51. The van der Waals surface area contributed by atoms with Gasteiger partial charge in [-0.05, 0) is 38.2 Å². The van der Waals surface area contributed by atoms with E-state index in [1.807, 2.05) is 11.3 Å². The first-order chi connectivity index (χ1) is 12.7. The molecule has 0 bridgehead atoms. The first-order valence-electron chi connectivity index (χ1n) is 8.41. The third-order valence-electron chi connectivity index (χ3n) is 4.64. The van der Waals surface area contributed by atoms with Gasteiger partial charge in [0.2, 0.25) is 0 Å². The summed E-state index contributed by atoms with van der Waals surface area (Å²) in [7, 11) is 1.39. The molecule has 26 heavy (non-hydrogen) atoms. The molecule has 1 aliphatic carbocycles. The summed E-state index contributed by atoms with van der Waals surface area (Å²) in [4.78, 5) is 18.7. The molecule has 0 fully saturated rings. The first kappa shape index (κ1) is 16.0. The van der Waals surface area contributed by atoms with Crippen molar-refractivity contribution in [3.8, 4) is 0 Å². The molecule has 0 saturated heterocycles. The molecule has 134 valence electrons. The van der Waals surface area contributed by atoms with Gasteiger partial charge in [-0.15, -0.1) is 26.6 Å². The Morgan fingerprint density at radius 3 is 3.00 bits per heavy atom. The Hall–Kier alpha value is -2.20. The van der Waals surface area contributed by atoms with Gasteiger partial charge in [-0.1, -0.05) is 11.8 Å². The Morgan fingerprint density at radius 1 is 1.31 bits per heavy atom. The van der Waals surface area contributed by atoms with E-state index >= 15 is 0 Å². The van der Waals surface area contributed by atoms with Gasteiger partial charge in [0.05, 0.1) is 18.2 Å². The van der Waals surface area contributed by atoms with Gasteiger partial charge in [-0.25, -0.2) is 9.38 Å². The van der Waals surface area contributed by atoms with E-state index in [0.717, 1.165) is 28.7 Å². The predicted molar refractivity (Wildman–Crippen MR) is 99.0 cm³/mol. The maximum Gasteiger partial charge on any atom is 0.316 e. The van der Waals surface area contributed by atoms with Crippen molar-refractivity contribution in [2.45, 2.75) is 37.8 Å². The second-order valence-electron chi connectivity index (χ2n) is 6.27. The van der Waals surface area contributed by atoms with Crippen LogP contribution in [0, 0.1) is 6.92 Å². The molecule has 0 aromatic carbocycles. The van der Waals surface area contributed by atoms with E-state index in [4.69, 9.17) is 4.74 Å². The van der Waals surface area contributed by atoms with Crippen molar-refractivity contribution >= 4 is 50.7 Å². The molecule has 0 unspecified atom stereocenters. The van der Waals surface area contributed by atoms with Gasteiger partial charge in [-0.2, -0.15) is 4.52 Å². The number of fused-ring (bicyclic) bond motifs is 8. The van der Waals surface area contributed by atoms with Crippen LogP contribution in [0.3, 0.4) is 0 Å². The van der Waals surface area contributed by atoms with E-state index in [9.17, 15) is 4.79 Å². The van der Waals surface area contributed by atoms with Crippen molar-refractivity contribution in [1.29, 1.82) is 0 Å². The first-order valence-corrected chi connectivity index (χ1v) is 10.2.